The summed E-state index contributed by atoms with van der Waals surface area (Å²) in [6.07, 6.45) is 5.30. The predicted octanol–water partition coefficient (Wildman–Crippen LogP) is 4.81. The highest BCUT2D eigenvalue weighted by Crippen LogP contribution is 2.23. The monoisotopic (exact) mass is 234 g/mol. The van der Waals surface area contributed by atoms with Crippen LogP contribution in [0, 0.1) is 0 Å². The van der Waals surface area contributed by atoms with Gasteiger partial charge in [-0.15, -0.1) is 0 Å². The van der Waals surface area contributed by atoms with Gasteiger partial charge in [0.05, 0.1) is 6.10 Å². The lowest BCUT2D eigenvalue weighted by Crippen LogP contribution is -1.98. The van der Waals surface area contributed by atoms with Crippen molar-refractivity contribution in [2.75, 3.05) is 0 Å². The van der Waals surface area contributed by atoms with Crippen LogP contribution in [-0.2, 0) is 0 Å². The van der Waals surface area contributed by atoms with Crippen LogP contribution in [0.15, 0.2) is 24.3 Å². The number of benzene rings is 1. The first-order valence-electron chi connectivity index (χ1n) is 6.96. The molecule has 0 saturated carbocycles. The van der Waals surface area contributed by atoms with Gasteiger partial charge in [-0.3, -0.25) is 0 Å². The molecule has 0 fully saturated rings. The fourth-order valence-corrected chi connectivity index (χ4v) is 2.04. The Morgan fingerprint density at radius 3 is 2.12 bits per heavy atom. The van der Waals surface area contributed by atoms with E-state index in [1.807, 2.05) is 0 Å². The van der Waals surface area contributed by atoms with Crippen molar-refractivity contribution >= 4 is 0 Å². The SMILES string of the molecule is CCCCCC(O)c1ccc(C(C)CC)cc1. The number of aliphatic hydroxyl groups is 1. The smallest absolute Gasteiger partial charge is 0.0790 e. The zero-order valence-electron chi connectivity index (χ0n) is 11.4. The highest BCUT2D eigenvalue weighted by molar-refractivity contribution is 5.26. The molecule has 0 bridgehead atoms. The fraction of sp³-hybridized carbons (Fsp3) is 0.625. The molecule has 0 aliphatic rings. The quantitative estimate of drug-likeness (QED) is 0.671. The minimum absolute atomic E-state index is 0.285. The van der Waals surface area contributed by atoms with Crippen LogP contribution in [0.4, 0.5) is 0 Å². The van der Waals surface area contributed by atoms with Gasteiger partial charge in [-0.1, -0.05) is 64.3 Å². The number of rotatable bonds is 7. The Bertz CT molecular complexity index is 302. The van der Waals surface area contributed by atoms with Crippen molar-refractivity contribution in [1.29, 1.82) is 0 Å². The molecule has 1 aromatic carbocycles. The van der Waals surface area contributed by atoms with Gasteiger partial charge < -0.3 is 5.11 Å². The highest BCUT2D eigenvalue weighted by atomic mass is 16.3. The molecule has 0 saturated heterocycles. The van der Waals surface area contributed by atoms with Crippen molar-refractivity contribution < 1.29 is 5.11 Å². The van der Waals surface area contributed by atoms with Gasteiger partial charge in [-0.2, -0.15) is 0 Å². The summed E-state index contributed by atoms with van der Waals surface area (Å²) in [4.78, 5) is 0. The summed E-state index contributed by atoms with van der Waals surface area (Å²) < 4.78 is 0. The van der Waals surface area contributed by atoms with E-state index in [-0.39, 0.29) is 6.10 Å². The number of aliphatic hydroxyl groups excluding tert-OH is 1. The van der Waals surface area contributed by atoms with Gasteiger partial charge in [0, 0.05) is 0 Å². The topological polar surface area (TPSA) is 20.2 Å². The molecular formula is C16H26O. The molecule has 1 aromatic rings. The summed E-state index contributed by atoms with van der Waals surface area (Å²) in [5, 5.41) is 10.0. The van der Waals surface area contributed by atoms with Crippen molar-refractivity contribution in [2.24, 2.45) is 0 Å². The van der Waals surface area contributed by atoms with E-state index in [4.69, 9.17) is 0 Å². The van der Waals surface area contributed by atoms with Gasteiger partial charge in [0.25, 0.3) is 0 Å². The zero-order valence-corrected chi connectivity index (χ0v) is 11.4. The Morgan fingerprint density at radius 2 is 1.59 bits per heavy atom. The second-order valence-corrected chi connectivity index (χ2v) is 4.99. The van der Waals surface area contributed by atoms with Crippen LogP contribution < -0.4 is 0 Å². The van der Waals surface area contributed by atoms with E-state index in [0.717, 1.165) is 18.4 Å². The summed E-state index contributed by atoms with van der Waals surface area (Å²) in [5.41, 5.74) is 2.44. The molecule has 96 valence electrons. The summed E-state index contributed by atoms with van der Waals surface area (Å²) in [6, 6.07) is 8.48. The van der Waals surface area contributed by atoms with Crippen LogP contribution in [0.25, 0.3) is 0 Å². The molecule has 0 aliphatic heterocycles. The van der Waals surface area contributed by atoms with E-state index >= 15 is 0 Å². The summed E-state index contributed by atoms with van der Waals surface area (Å²) >= 11 is 0. The van der Waals surface area contributed by atoms with Gasteiger partial charge in [0.1, 0.15) is 0 Å². The number of hydrogen-bond acceptors (Lipinski definition) is 1. The first kappa shape index (κ1) is 14.2. The second-order valence-electron chi connectivity index (χ2n) is 4.99. The van der Waals surface area contributed by atoms with Crippen molar-refractivity contribution in [3.05, 3.63) is 35.4 Å². The third-order valence-electron chi connectivity index (χ3n) is 3.58. The van der Waals surface area contributed by atoms with E-state index in [9.17, 15) is 5.11 Å². The van der Waals surface area contributed by atoms with Gasteiger partial charge in [0.2, 0.25) is 0 Å². The van der Waals surface area contributed by atoms with Gasteiger partial charge >= 0.3 is 0 Å². The lowest BCUT2D eigenvalue weighted by molar-refractivity contribution is 0.163. The Balaban J connectivity index is 2.54. The molecule has 1 heteroatoms. The average Bonchev–Trinajstić information content (AvgIpc) is 2.38. The van der Waals surface area contributed by atoms with Crippen LogP contribution in [0.1, 0.15) is 76.0 Å². The molecule has 0 amide bonds. The fourth-order valence-electron chi connectivity index (χ4n) is 2.04. The van der Waals surface area contributed by atoms with Crippen LogP contribution in [0.2, 0.25) is 0 Å². The summed E-state index contributed by atoms with van der Waals surface area (Å²) in [7, 11) is 0. The molecule has 0 aromatic heterocycles. The summed E-state index contributed by atoms with van der Waals surface area (Å²) in [6.45, 7) is 6.64. The van der Waals surface area contributed by atoms with Crippen LogP contribution >= 0.6 is 0 Å². The Morgan fingerprint density at radius 1 is 1.00 bits per heavy atom. The maximum Gasteiger partial charge on any atom is 0.0790 e. The van der Waals surface area contributed by atoms with Gasteiger partial charge in [0.15, 0.2) is 0 Å². The van der Waals surface area contributed by atoms with E-state index in [1.54, 1.807) is 0 Å². The maximum atomic E-state index is 10.0. The molecular weight excluding hydrogens is 208 g/mol. The van der Waals surface area contributed by atoms with Crippen molar-refractivity contribution in [3.8, 4) is 0 Å². The molecule has 0 aliphatic carbocycles. The van der Waals surface area contributed by atoms with Gasteiger partial charge in [-0.25, -0.2) is 0 Å². The van der Waals surface area contributed by atoms with Crippen molar-refractivity contribution in [2.45, 2.75) is 64.9 Å². The molecule has 2 unspecified atom stereocenters. The molecule has 2 atom stereocenters. The lowest BCUT2D eigenvalue weighted by atomic mass is 9.95. The zero-order chi connectivity index (χ0) is 12.7. The maximum absolute atomic E-state index is 10.0. The molecule has 0 heterocycles. The van der Waals surface area contributed by atoms with E-state index in [1.165, 1.54) is 24.8 Å². The third-order valence-corrected chi connectivity index (χ3v) is 3.58. The minimum atomic E-state index is -0.285. The molecule has 0 spiro atoms. The predicted molar refractivity (Wildman–Crippen MR) is 74.2 cm³/mol. The molecule has 1 N–H and O–H groups in total. The largest absolute Gasteiger partial charge is 0.388 e. The second kappa shape index (κ2) is 7.50. The first-order valence-corrected chi connectivity index (χ1v) is 6.96. The van der Waals surface area contributed by atoms with E-state index in [0.29, 0.717) is 5.92 Å². The third kappa shape index (κ3) is 4.51. The van der Waals surface area contributed by atoms with E-state index in [2.05, 4.69) is 45.0 Å². The Hall–Kier alpha value is -0.820. The Labute approximate surface area is 106 Å². The Kier molecular flexibility index (Phi) is 6.28. The standard InChI is InChI=1S/C16H26O/c1-4-6-7-8-16(17)15-11-9-14(10-12-15)13(3)5-2/h9-13,16-17H,4-8H2,1-3H3. The van der Waals surface area contributed by atoms with Crippen LogP contribution in [0.3, 0.4) is 0 Å². The number of unbranched alkanes of at least 4 members (excludes halogenated alkanes) is 2. The summed E-state index contributed by atoms with van der Waals surface area (Å²) in [5.74, 6) is 0.612. The van der Waals surface area contributed by atoms with Crippen molar-refractivity contribution in [3.63, 3.8) is 0 Å². The van der Waals surface area contributed by atoms with Crippen LogP contribution in [-0.4, -0.2) is 5.11 Å². The van der Waals surface area contributed by atoms with Gasteiger partial charge in [-0.05, 0) is 29.9 Å². The first-order chi connectivity index (χ1) is 8.19. The average molecular weight is 234 g/mol. The highest BCUT2D eigenvalue weighted by Gasteiger charge is 2.08. The number of hydrogen-bond donors (Lipinski definition) is 1. The molecule has 1 rings (SSSR count). The molecule has 1 nitrogen and oxygen atoms in total. The minimum Gasteiger partial charge on any atom is -0.388 e. The normalized spacial score (nSPS) is 14.6. The van der Waals surface area contributed by atoms with Crippen molar-refractivity contribution in [1.82, 2.24) is 0 Å². The molecule has 0 radical (unpaired) electrons. The van der Waals surface area contributed by atoms with Crippen LogP contribution in [0.5, 0.6) is 0 Å². The molecule has 17 heavy (non-hydrogen) atoms. The lowest BCUT2D eigenvalue weighted by Gasteiger charge is -2.13. The van der Waals surface area contributed by atoms with E-state index < -0.39 is 0 Å².